The fourth-order valence-corrected chi connectivity index (χ4v) is 3.63. The summed E-state index contributed by atoms with van der Waals surface area (Å²) in [4.78, 5) is 29.5. The van der Waals surface area contributed by atoms with E-state index >= 15 is 0 Å². The van der Waals surface area contributed by atoms with E-state index in [1.54, 1.807) is 4.90 Å². The average molecular weight is 439 g/mol. The third-order valence-corrected chi connectivity index (χ3v) is 5.00. The smallest absolute Gasteiger partial charge is 0.410 e. The zero-order chi connectivity index (χ0) is 20.6. The highest BCUT2D eigenvalue weighted by molar-refractivity contribution is 9.10. The van der Waals surface area contributed by atoms with Gasteiger partial charge in [0.25, 0.3) is 0 Å². The lowest BCUT2D eigenvalue weighted by atomic mass is 9.91. The van der Waals surface area contributed by atoms with Crippen molar-refractivity contribution in [3.05, 3.63) is 34.3 Å². The van der Waals surface area contributed by atoms with Crippen LogP contribution in [0.25, 0.3) is 0 Å². The molecule has 1 saturated heterocycles. The van der Waals surface area contributed by atoms with E-state index in [4.69, 9.17) is 4.74 Å². The summed E-state index contributed by atoms with van der Waals surface area (Å²) in [5.41, 5.74) is -0.0566. The average Bonchev–Trinajstić information content (AvgIpc) is 2.51. The van der Waals surface area contributed by atoms with Gasteiger partial charge in [0.15, 0.2) is 0 Å². The molecule has 5 nitrogen and oxygen atoms in total. The molecule has 0 saturated carbocycles. The number of hydrogen-bond donors (Lipinski definition) is 0. The Bertz CT molecular complexity index is 706. The van der Waals surface area contributed by atoms with Gasteiger partial charge >= 0.3 is 6.09 Å². The molecule has 0 aromatic heterocycles. The molecule has 0 radical (unpaired) electrons. The number of ether oxygens (including phenoxy) is 1. The van der Waals surface area contributed by atoms with E-state index in [0.29, 0.717) is 13.1 Å². The van der Waals surface area contributed by atoms with Crippen LogP contribution in [0.5, 0.6) is 0 Å². The largest absolute Gasteiger partial charge is 0.444 e. The van der Waals surface area contributed by atoms with E-state index in [1.165, 1.54) is 0 Å². The Morgan fingerprint density at radius 1 is 1.07 bits per heavy atom. The van der Waals surface area contributed by atoms with Gasteiger partial charge in [0, 0.05) is 29.0 Å². The minimum Gasteiger partial charge on any atom is -0.444 e. The van der Waals surface area contributed by atoms with Crippen LogP contribution in [0.1, 0.15) is 60.1 Å². The van der Waals surface area contributed by atoms with Crippen molar-refractivity contribution in [2.75, 3.05) is 13.1 Å². The second-order valence-electron chi connectivity index (χ2n) is 9.26. The van der Waals surface area contributed by atoms with Crippen LogP contribution in [0.15, 0.2) is 28.7 Å². The predicted molar refractivity (Wildman–Crippen MR) is 110 cm³/mol. The summed E-state index contributed by atoms with van der Waals surface area (Å²) in [5.74, 6) is 0.0961. The molecule has 0 bridgehead atoms. The first-order valence-electron chi connectivity index (χ1n) is 9.36. The van der Waals surface area contributed by atoms with Crippen LogP contribution in [-0.2, 0) is 9.53 Å². The zero-order valence-electron chi connectivity index (χ0n) is 17.4. The minimum absolute atomic E-state index is 0.0763. The normalized spacial score (nSPS) is 21.2. The highest BCUT2D eigenvalue weighted by Crippen LogP contribution is 2.33. The Hall–Kier alpha value is -1.56. The standard InChI is InChI=1S/C21H31BrN2O3/c1-14-12-24(19(26)27-21(5,6)7)17(15-9-8-10-16(22)11-15)13-23(14)18(25)20(2,3)4/h8-11,14,17H,12-13H2,1-7H3/t14-,17+/m1/s1. The van der Waals surface area contributed by atoms with Gasteiger partial charge in [-0.1, -0.05) is 48.8 Å². The molecule has 2 rings (SSSR count). The molecule has 1 heterocycles. The summed E-state index contributed by atoms with van der Waals surface area (Å²) in [6.45, 7) is 14.2. The lowest BCUT2D eigenvalue weighted by Crippen LogP contribution is -2.59. The van der Waals surface area contributed by atoms with Crippen molar-refractivity contribution in [1.82, 2.24) is 9.80 Å². The van der Waals surface area contributed by atoms with Crippen molar-refractivity contribution in [1.29, 1.82) is 0 Å². The van der Waals surface area contributed by atoms with Gasteiger partial charge in [0.2, 0.25) is 5.91 Å². The summed E-state index contributed by atoms with van der Waals surface area (Å²) in [7, 11) is 0. The first kappa shape index (κ1) is 21.7. The van der Waals surface area contributed by atoms with E-state index in [0.717, 1.165) is 10.0 Å². The lowest BCUT2D eigenvalue weighted by Gasteiger charge is -2.47. The Morgan fingerprint density at radius 3 is 2.22 bits per heavy atom. The summed E-state index contributed by atoms with van der Waals surface area (Å²) < 4.78 is 6.58. The third-order valence-electron chi connectivity index (χ3n) is 4.50. The van der Waals surface area contributed by atoms with Gasteiger partial charge in [-0.15, -0.1) is 0 Å². The van der Waals surface area contributed by atoms with E-state index < -0.39 is 11.0 Å². The maximum Gasteiger partial charge on any atom is 0.410 e. The van der Waals surface area contributed by atoms with E-state index in [1.807, 2.05) is 77.6 Å². The minimum atomic E-state index is -0.569. The van der Waals surface area contributed by atoms with Crippen LogP contribution in [0.3, 0.4) is 0 Å². The summed E-state index contributed by atoms with van der Waals surface area (Å²) in [6.07, 6.45) is -0.345. The van der Waals surface area contributed by atoms with Crippen LogP contribution in [0.4, 0.5) is 4.79 Å². The lowest BCUT2D eigenvalue weighted by molar-refractivity contribution is -0.145. The number of hydrogen-bond acceptors (Lipinski definition) is 3. The molecule has 6 heteroatoms. The van der Waals surface area contributed by atoms with Crippen molar-refractivity contribution in [2.45, 2.75) is 66.2 Å². The van der Waals surface area contributed by atoms with Crippen LogP contribution in [-0.4, -0.2) is 46.5 Å². The van der Waals surface area contributed by atoms with Gasteiger partial charge in [0.1, 0.15) is 5.60 Å². The molecule has 0 N–H and O–H groups in total. The third kappa shape index (κ3) is 5.47. The quantitative estimate of drug-likeness (QED) is 0.619. The molecule has 2 amide bonds. The molecule has 1 fully saturated rings. The number of halogens is 1. The molecule has 2 atom stereocenters. The molecule has 150 valence electrons. The van der Waals surface area contributed by atoms with Gasteiger partial charge in [0.05, 0.1) is 6.04 Å². The van der Waals surface area contributed by atoms with Crippen LogP contribution in [0.2, 0.25) is 0 Å². The van der Waals surface area contributed by atoms with Crippen molar-refractivity contribution < 1.29 is 14.3 Å². The second-order valence-corrected chi connectivity index (χ2v) is 10.2. The maximum atomic E-state index is 13.0. The van der Waals surface area contributed by atoms with E-state index in [2.05, 4.69) is 15.9 Å². The predicted octanol–water partition coefficient (Wildman–Crippen LogP) is 5.00. The van der Waals surface area contributed by atoms with Gasteiger partial charge in [-0.25, -0.2) is 4.79 Å². The van der Waals surface area contributed by atoms with E-state index in [9.17, 15) is 9.59 Å². The number of rotatable bonds is 1. The zero-order valence-corrected chi connectivity index (χ0v) is 19.0. The van der Waals surface area contributed by atoms with Crippen molar-refractivity contribution in [3.8, 4) is 0 Å². The molecule has 0 spiro atoms. The molecule has 1 aromatic carbocycles. The van der Waals surface area contributed by atoms with Gasteiger partial charge < -0.3 is 9.64 Å². The number of benzene rings is 1. The van der Waals surface area contributed by atoms with Crippen LogP contribution in [0, 0.1) is 5.41 Å². The SMILES string of the molecule is C[C@@H]1CN(C(=O)OC(C)(C)C)[C@H](c2cccc(Br)c2)CN1C(=O)C(C)(C)C. The number of nitrogens with zero attached hydrogens (tertiary/aromatic N) is 2. The topological polar surface area (TPSA) is 49.9 Å². The van der Waals surface area contributed by atoms with Crippen LogP contribution >= 0.6 is 15.9 Å². The molecule has 0 aliphatic carbocycles. The van der Waals surface area contributed by atoms with Gasteiger partial charge in [-0.05, 0) is 45.4 Å². The highest BCUT2D eigenvalue weighted by Gasteiger charge is 2.41. The van der Waals surface area contributed by atoms with Gasteiger partial charge in [-0.2, -0.15) is 0 Å². The number of piperazine rings is 1. The number of amides is 2. The van der Waals surface area contributed by atoms with Crippen molar-refractivity contribution >= 4 is 27.9 Å². The maximum absolute atomic E-state index is 13.0. The summed E-state index contributed by atoms with van der Waals surface area (Å²) in [5, 5.41) is 0. The molecule has 27 heavy (non-hydrogen) atoms. The molecule has 1 aliphatic rings. The van der Waals surface area contributed by atoms with Gasteiger partial charge in [-0.3, -0.25) is 9.69 Å². The first-order valence-corrected chi connectivity index (χ1v) is 10.1. The molecular formula is C21H31BrN2O3. The molecular weight excluding hydrogens is 408 g/mol. The van der Waals surface area contributed by atoms with Crippen molar-refractivity contribution in [2.24, 2.45) is 5.41 Å². The Balaban J connectivity index is 2.39. The Kier molecular flexibility index (Phi) is 6.30. The van der Waals surface area contributed by atoms with Crippen molar-refractivity contribution in [3.63, 3.8) is 0 Å². The first-order chi connectivity index (χ1) is 12.3. The monoisotopic (exact) mass is 438 g/mol. The molecule has 1 aliphatic heterocycles. The summed E-state index contributed by atoms with van der Waals surface area (Å²) >= 11 is 3.51. The fraction of sp³-hybridized carbons (Fsp3) is 0.619. The highest BCUT2D eigenvalue weighted by atomic mass is 79.9. The Morgan fingerprint density at radius 2 is 1.70 bits per heavy atom. The van der Waals surface area contributed by atoms with Crippen LogP contribution < -0.4 is 0 Å². The van der Waals surface area contributed by atoms with E-state index in [-0.39, 0.29) is 24.1 Å². The Labute approximate surface area is 171 Å². The molecule has 1 aromatic rings. The summed E-state index contributed by atoms with van der Waals surface area (Å²) in [6, 6.07) is 7.55. The molecule has 0 unspecified atom stereocenters. The number of carbonyl (C=O) groups excluding carboxylic acids is 2. The fourth-order valence-electron chi connectivity index (χ4n) is 3.21. The second kappa shape index (κ2) is 7.82. The number of carbonyl (C=O) groups is 2.